The summed E-state index contributed by atoms with van der Waals surface area (Å²) in [4.78, 5) is 30.8. The molecule has 2 heterocycles. The Morgan fingerprint density at radius 1 is 1.32 bits per heavy atom. The van der Waals surface area contributed by atoms with Crippen LogP contribution in [-0.2, 0) is 29.6 Å². The molecule has 132 valence electrons. The molecule has 0 aliphatic carbocycles. The first-order valence-electron chi connectivity index (χ1n) is 8.71. The zero-order chi connectivity index (χ0) is 17.6. The van der Waals surface area contributed by atoms with Crippen molar-refractivity contribution in [2.75, 3.05) is 6.54 Å². The summed E-state index contributed by atoms with van der Waals surface area (Å²) < 4.78 is 1.90. The zero-order valence-electron chi connectivity index (χ0n) is 14.5. The minimum Gasteiger partial charge on any atom is -0.344 e. The number of aromatic nitrogens is 2. The Labute approximate surface area is 147 Å². The molecule has 1 aliphatic rings. The van der Waals surface area contributed by atoms with Crippen LogP contribution in [0.15, 0.2) is 42.9 Å². The summed E-state index contributed by atoms with van der Waals surface area (Å²) in [5, 5.41) is 2.91. The minimum absolute atomic E-state index is 0.0176. The van der Waals surface area contributed by atoms with E-state index in [2.05, 4.69) is 10.3 Å². The Morgan fingerprint density at radius 2 is 2.12 bits per heavy atom. The second kappa shape index (κ2) is 7.96. The van der Waals surface area contributed by atoms with Gasteiger partial charge in [-0.1, -0.05) is 30.3 Å². The van der Waals surface area contributed by atoms with E-state index in [4.69, 9.17) is 0 Å². The number of piperidine rings is 1. The van der Waals surface area contributed by atoms with Crippen molar-refractivity contribution >= 4 is 11.8 Å². The number of hydrogen-bond acceptors (Lipinski definition) is 3. The molecule has 1 aromatic carbocycles. The number of nitrogens with zero attached hydrogens (tertiary/aromatic N) is 3. The third kappa shape index (κ3) is 4.47. The van der Waals surface area contributed by atoms with E-state index in [0.717, 1.165) is 24.2 Å². The van der Waals surface area contributed by atoms with Crippen LogP contribution >= 0.6 is 0 Å². The van der Waals surface area contributed by atoms with Crippen LogP contribution in [0.3, 0.4) is 0 Å². The van der Waals surface area contributed by atoms with Crippen molar-refractivity contribution in [1.29, 1.82) is 0 Å². The number of nitrogens with one attached hydrogen (secondary N) is 1. The molecule has 25 heavy (non-hydrogen) atoms. The van der Waals surface area contributed by atoms with E-state index in [0.29, 0.717) is 25.8 Å². The summed E-state index contributed by atoms with van der Waals surface area (Å²) in [6, 6.07) is 9.54. The largest absolute Gasteiger partial charge is 0.344 e. The molecule has 1 aromatic heterocycles. The van der Waals surface area contributed by atoms with Crippen molar-refractivity contribution in [2.45, 2.75) is 38.3 Å². The van der Waals surface area contributed by atoms with Gasteiger partial charge in [-0.2, -0.15) is 0 Å². The predicted octanol–water partition coefficient (Wildman–Crippen LogP) is 1.66. The van der Waals surface area contributed by atoms with Crippen molar-refractivity contribution in [3.05, 3.63) is 54.1 Å². The molecule has 0 spiro atoms. The predicted molar refractivity (Wildman–Crippen MR) is 94.6 cm³/mol. The average Bonchev–Trinajstić information content (AvgIpc) is 3.03. The number of carbonyl (C=O) groups excluding carboxylic acids is 2. The van der Waals surface area contributed by atoms with Gasteiger partial charge in [-0.05, 0) is 24.8 Å². The number of benzene rings is 1. The van der Waals surface area contributed by atoms with Gasteiger partial charge in [-0.25, -0.2) is 4.98 Å². The van der Waals surface area contributed by atoms with E-state index < -0.39 is 6.04 Å². The number of amides is 2. The Bertz CT molecular complexity index is 726. The van der Waals surface area contributed by atoms with Crippen LogP contribution in [0.1, 0.15) is 30.5 Å². The standard InChI is InChI=1S/C19H24N4O2/c1-22-14-20-12-16(22)9-10-18(24)21-17-8-5-11-23(19(17)25)13-15-6-3-2-4-7-15/h2-4,6-7,12,14,17H,5,8-11,13H2,1H3,(H,21,24)/t17-/m0/s1. The fourth-order valence-electron chi connectivity index (χ4n) is 3.17. The number of aryl methyl sites for hydroxylation is 2. The van der Waals surface area contributed by atoms with E-state index >= 15 is 0 Å². The second-order valence-electron chi connectivity index (χ2n) is 6.50. The molecule has 2 aromatic rings. The van der Waals surface area contributed by atoms with Gasteiger partial charge >= 0.3 is 0 Å². The quantitative estimate of drug-likeness (QED) is 0.870. The number of imidazole rings is 1. The van der Waals surface area contributed by atoms with Crippen molar-refractivity contribution in [1.82, 2.24) is 19.8 Å². The second-order valence-corrected chi connectivity index (χ2v) is 6.50. The van der Waals surface area contributed by atoms with Gasteiger partial charge in [-0.15, -0.1) is 0 Å². The van der Waals surface area contributed by atoms with Gasteiger partial charge in [0.2, 0.25) is 11.8 Å². The highest BCUT2D eigenvalue weighted by atomic mass is 16.2. The van der Waals surface area contributed by atoms with Gasteiger partial charge < -0.3 is 14.8 Å². The summed E-state index contributed by atoms with van der Waals surface area (Å²) >= 11 is 0. The number of likely N-dealkylation sites (tertiary alicyclic amines) is 1. The van der Waals surface area contributed by atoms with E-state index in [-0.39, 0.29) is 11.8 Å². The van der Waals surface area contributed by atoms with Gasteiger partial charge in [-0.3, -0.25) is 9.59 Å². The smallest absolute Gasteiger partial charge is 0.245 e. The number of hydrogen-bond donors (Lipinski definition) is 1. The summed E-state index contributed by atoms with van der Waals surface area (Å²) in [5.41, 5.74) is 2.12. The lowest BCUT2D eigenvalue weighted by atomic mass is 10.0. The maximum Gasteiger partial charge on any atom is 0.245 e. The van der Waals surface area contributed by atoms with Gasteiger partial charge in [0, 0.05) is 38.4 Å². The molecule has 1 fully saturated rings. The molecule has 3 rings (SSSR count). The first-order chi connectivity index (χ1) is 12.1. The van der Waals surface area contributed by atoms with Crippen molar-refractivity contribution in [2.24, 2.45) is 7.05 Å². The zero-order valence-corrected chi connectivity index (χ0v) is 14.5. The lowest BCUT2D eigenvalue weighted by Gasteiger charge is -2.32. The molecule has 1 N–H and O–H groups in total. The highest BCUT2D eigenvalue weighted by Crippen LogP contribution is 2.15. The number of rotatable bonds is 6. The molecule has 1 atom stereocenters. The van der Waals surface area contributed by atoms with Crippen molar-refractivity contribution in [3.8, 4) is 0 Å². The Hall–Kier alpha value is -2.63. The minimum atomic E-state index is -0.406. The summed E-state index contributed by atoms with van der Waals surface area (Å²) in [7, 11) is 1.91. The lowest BCUT2D eigenvalue weighted by molar-refractivity contribution is -0.139. The monoisotopic (exact) mass is 340 g/mol. The third-order valence-corrected chi connectivity index (χ3v) is 4.61. The topological polar surface area (TPSA) is 67.2 Å². The normalized spacial score (nSPS) is 17.6. The van der Waals surface area contributed by atoms with E-state index in [9.17, 15) is 9.59 Å². The van der Waals surface area contributed by atoms with E-state index in [1.54, 1.807) is 12.5 Å². The highest BCUT2D eigenvalue weighted by molar-refractivity contribution is 5.88. The molecule has 2 amide bonds. The Morgan fingerprint density at radius 3 is 2.84 bits per heavy atom. The van der Waals surface area contributed by atoms with Gasteiger partial charge in [0.1, 0.15) is 6.04 Å². The van der Waals surface area contributed by atoms with Crippen LogP contribution in [0.5, 0.6) is 0 Å². The Balaban J connectivity index is 1.52. The molecule has 0 radical (unpaired) electrons. The van der Waals surface area contributed by atoms with Crippen molar-refractivity contribution < 1.29 is 9.59 Å². The first kappa shape index (κ1) is 17.2. The maximum atomic E-state index is 12.6. The van der Waals surface area contributed by atoms with Gasteiger partial charge in [0.05, 0.1) is 6.33 Å². The van der Waals surface area contributed by atoms with Gasteiger partial charge in [0.25, 0.3) is 0 Å². The summed E-state index contributed by atoms with van der Waals surface area (Å²) in [6.07, 6.45) is 6.09. The molecule has 6 nitrogen and oxygen atoms in total. The Kier molecular flexibility index (Phi) is 5.48. The van der Waals surface area contributed by atoms with Crippen LogP contribution in [0.4, 0.5) is 0 Å². The maximum absolute atomic E-state index is 12.6. The van der Waals surface area contributed by atoms with Crippen LogP contribution in [-0.4, -0.2) is 38.9 Å². The average molecular weight is 340 g/mol. The molecule has 1 saturated heterocycles. The lowest BCUT2D eigenvalue weighted by Crippen LogP contribution is -2.51. The number of carbonyl (C=O) groups is 2. The molecule has 0 bridgehead atoms. The summed E-state index contributed by atoms with van der Waals surface area (Å²) in [6.45, 7) is 1.34. The van der Waals surface area contributed by atoms with Gasteiger partial charge in [0.15, 0.2) is 0 Å². The van der Waals surface area contributed by atoms with Crippen LogP contribution < -0.4 is 5.32 Å². The van der Waals surface area contributed by atoms with E-state index in [1.807, 2.05) is 46.8 Å². The highest BCUT2D eigenvalue weighted by Gasteiger charge is 2.29. The SMILES string of the molecule is Cn1cncc1CCC(=O)N[C@H]1CCCN(Cc2ccccc2)C1=O. The fraction of sp³-hybridized carbons (Fsp3) is 0.421. The van der Waals surface area contributed by atoms with E-state index in [1.165, 1.54) is 0 Å². The van der Waals surface area contributed by atoms with Crippen molar-refractivity contribution in [3.63, 3.8) is 0 Å². The third-order valence-electron chi connectivity index (χ3n) is 4.61. The molecular formula is C19H24N4O2. The molecule has 0 saturated carbocycles. The fourth-order valence-corrected chi connectivity index (χ4v) is 3.17. The molecule has 0 unspecified atom stereocenters. The molecular weight excluding hydrogens is 316 g/mol. The summed E-state index contributed by atoms with van der Waals surface area (Å²) in [5.74, 6) is -0.0647. The molecule has 6 heteroatoms. The van der Waals surface area contributed by atoms with Crippen LogP contribution in [0.2, 0.25) is 0 Å². The first-order valence-corrected chi connectivity index (χ1v) is 8.71. The molecule has 1 aliphatic heterocycles. The van der Waals surface area contributed by atoms with Crippen LogP contribution in [0.25, 0.3) is 0 Å². The van der Waals surface area contributed by atoms with Crippen LogP contribution in [0, 0.1) is 0 Å².